The molecule has 0 heterocycles. The molecule has 2 rings (SSSR count). The maximum Gasteiger partial charge on any atom is 0.138 e. The Bertz CT molecular complexity index is 636. The molecule has 0 saturated heterocycles. The first-order valence-electron chi connectivity index (χ1n) is 7.49. The SMILES string of the molecule is CC(c1ccccc1Cl)N(C)CC(O)COc1ccccc1Cl. The molecule has 0 aliphatic rings. The van der Waals surface area contributed by atoms with E-state index in [1.54, 1.807) is 12.1 Å². The first kappa shape index (κ1) is 18.1. The van der Waals surface area contributed by atoms with E-state index in [1.807, 2.05) is 48.3 Å². The molecular weight excluding hydrogens is 333 g/mol. The molecule has 0 saturated carbocycles. The van der Waals surface area contributed by atoms with E-state index >= 15 is 0 Å². The lowest BCUT2D eigenvalue weighted by Crippen LogP contribution is -2.34. The van der Waals surface area contributed by atoms with Crippen LogP contribution < -0.4 is 4.74 Å². The first-order chi connectivity index (χ1) is 11.0. The summed E-state index contributed by atoms with van der Waals surface area (Å²) in [4.78, 5) is 2.04. The molecule has 0 aromatic heterocycles. The van der Waals surface area contributed by atoms with E-state index in [1.165, 1.54) is 0 Å². The summed E-state index contributed by atoms with van der Waals surface area (Å²) in [6.07, 6.45) is -0.624. The van der Waals surface area contributed by atoms with Crippen molar-refractivity contribution in [3.05, 3.63) is 64.1 Å². The molecule has 1 N–H and O–H groups in total. The monoisotopic (exact) mass is 353 g/mol. The Hall–Kier alpha value is -1.26. The first-order valence-corrected chi connectivity index (χ1v) is 8.24. The van der Waals surface area contributed by atoms with Gasteiger partial charge in [0, 0.05) is 17.6 Å². The Balaban J connectivity index is 1.88. The fraction of sp³-hybridized carbons (Fsp3) is 0.333. The fourth-order valence-electron chi connectivity index (χ4n) is 2.34. The minimum atomic E-state index is -0.624. The van der Waals surface area contributed by atoms with Crippen LogP contribution in [0.1, 0.15) is 18.5 Å². The van der Waals surface area contributed by atoms with Crippen molar-refractivity contribution >= 4 is 23.2 Å². The highest BCUT2D eigenvalue weighted by atomic mass is 35.5. The Morgan fingerprint density at radius 1 is 1.04 bits per heavy atom. The minimum Gasteiger partial charge on any atom is -0.489 e. The van der Waals surface area contributed by atoms with E-state index in [0.717, 1.165) is 10.6 Å². The van der Waals surface area contributed by atoms with E-state index in [2.05, 4.69) is 6.92 Å². The molecular formula is C18H21Cl2NO2. The van der Waals surface area contributed by atoms with Gasteiger partial charge in [-0.25, -0.2) is 0 Å². The van der Waals surface area contributed by atoms with E-state index in [4.69, 9.17) is 27.9 Å². The Kier molecular flexibility index (Phi) is 6.72. The molecule has 2 unspecified atom stereocenters. The number of rotatable bonds is 7. The van der Waals surface area contributed by atoms with Crippen molar-refractivity contribution in [2.24, 2.45) is 0 Å². The van der Waals surface area contributed by atoms with Crippen LogP contribution in [0.2, 0.25) is 10.0 Å². The van der Waals surface area contributed by atoms with E-state index in [-0.39, 0.29) is 12.6 Å². The molecule has 0 spiro atoms. The predicted octanol–water partition coefficient (Wildman–Crippen LogP) is 4.43. The maximum absolute atomic E-state index is 10.2. The zero-order valence-corrected chi connectivity index (χ0v) is 14.8. The molecule has 0 bridgehead atoms. The lowest BCUT2D eigenvalue weighted by atomic mass is 10.1. The van der Waals surface area contributed by atoms with Crippen molar-refractivity contribution in [1.82, 2.24) is 4.90 Å². The number of hydrogen-bond donors (Lipinski definition) is 1. The smallest absolute Gasteiger partial charge is 0.138 e. The number of para-hydroxylation sites is 1. The topological polar surface area (TPSA) is 32.7 Å². The molecule has 0 aliphatic heterocycles. The molecule has 0 amide bonds. The van der Waals surface area contributed by atoms with Gasteiger partial charge >= 0.3 is 0 Å². The van der Waals surface area contributed by atoms with Gasteiger partial charge in [-0.1, -0.05) is 53.5 Å². The quantitative estimate of drug-likeness (QED) is 0.799. The van der Waals surface area contributed by atoms with E-state index < -0.39 is 6.10 Å². The fourth-order valence-corrected chi connectivity index (χ4v) is 2.83. The van der Waals surface area contributed by atoms with Crippen molar-refractivity contribution in [2.75, 3.05) is 20.2 Å². The van der Waals surface area contributed by atoms with Crippen LogP contribution in [0.15, 0.2) is 48.5 Å². The number of halogens is 2. The lowest BCUT2D eigenvalue weighted by molar-refractivity contribution is 0.0654. The molecule has 23 heavy (non-hydrogen) atoms. The highest BCUT2D eigenvalue weighted by Crippen LogP contribution is 2.26. The van der Waals surface area contributed by atoms with E-state index in [0.29, 0.717) is 17.3 Å². The summed E-state index contributed by atoms with van der Waals surface area (Å²) >= 11 is 12.3. The molecule has 5 heteroatoms. The summed E-state index contributed by atoms with van der Waals surface area (Å²) in [6, 6.07) is 15.1. The van der Waals surface area contributed by atoms with Crippen LogP contribution in [0.4, 0.5) is 0 Å². The van der Waals surface area contributed by atoms with Crippen LogP contribution in [0, 0.1) is 0 Å². The minimum absolute atomic E-state index is 0.0960. The van der Waals surface area contributed by atoms with Gasteiger partial charge in [-0.3, -0.25) is 4.90 Å². The average Bonchev–Trinajstić information content (AvgIpc) is 2.54. The number of ether oxygens (including phenoxy) is 1. The molecule has 0 fully saturated rings. The number of aliphatic hydroxyl groups is 1. The Morgan fingerprint density at radius 3 is 2.30 bits per heavy atom. The van der Waals surface area contributed by atoms with Crippen LogP contribution in [-0.2, 0) is 0 Å². The summed E-state index contributed by atoms with van der Waals surface area (Å²) in [7, 11) is 1.95. The predicted molar refractivity (Wildman–Crippen MR) is 95.5 cm³/mol. The van der Waals surface area contributed by atoms with Crippen molar-refractivity contribution in [2.45, 2.75) is 19.1 Å². The molecule has 2 aromatic rings. The molecule has 2 atom stereocenters. The third-order valence-electron chi connectivity index (χ3n) is 3.78. The van der Waals surface area contributed by atoms with Crippen LogP contribution in [0.5, 0.6) is 5.75 Å². The second-order valence-electron chi connectivity index (χ2n) is 5.53. The van der Waals surface area contributed by atoms with Crippen LogP contribution in [0.25, 0.3) is 0 Å². The largest absolute Gasteiger partial charge is 0.489 e. The van der Waals surface area contributed by atoms with Gasteiger partial charge in [-0.05, 0) is 37.7 Å². The van der Waals surface area contributed by atoms with Crippen LogP contribution in [0.3, 0.4) is 0 Å². The van der Waals surface area contributed by atoms with Crippen molar-refractivity contribution in [1.29, 1.82) is 0 Å². The third kappa shape index (κ3) is 5.11. The van der Waals surface area contributed by atoms with Gasteiger partial charge in [0.15, 0.2) is 0 Å². The highest BCUT2D eigenvalue weighted by molar-refractivity contribution is 6.32. The van der Waals surface area contributed by atoms with Gasteiger partial charge in [0.25, 0.3) is 0 Å². The molecule has 0 radical (unpaired) electrons. The highest BCUT2D eigenvalue weighted by Gasteiger charge is 2.18. The van der Waals surface area contributed by atoms with Gasteiger partial charge in [0.05, 0.1) is 5.02 Å². The normalized spacial score (nSPS) is 13.8. The zero-order valence-electron chi connectivity index (χ0n) is 13.2. The van der Waals surface area contributed by atoms with E-state index in [9.17, 15) is 5.11 Å². The number of aliphatic hydroxyl groups excluding tert-OH is 1. The van der Waals surface area contributed by atoms with Gasteiger partial charge in [-0.2, -0.15) is 0 Å². The van der Waals surface area contributed by atoms with Gasteiger partial charge in [0.2, 0.25) is 0 Å². The second-order valence-corrected chi connectivity index (χ2v) is 6.35. The number of nitrogens with zero attached hydrogens (tertiary/aromatic N) is 1. The molecule has 2 aromatic carbocycles. The second kappa shape index (κ2) is 8.55. The molecule has 124 valence electrons. The zero-order chi connectivity index (χ0) is 16.8. The lowest BCUT2D eigenvalue weighted by Gasteiger charge is -2.28. The van der Waals surface area contributed by atoms with Gasteiger partial charge in [0.1, 0.15) is 18.5 Å². The standard InChI is InChI=1S/C18H21Cl2NO2/c1-13(15-7-3-4-8-16(15)19)21(2)11-14(22)12-23-18-10-6-5-9-17(18)20/h3-10,13-14,22H,11-12H2,1-2H3. The number of likely N-dealkylation sites (N-methyl/N-ethyl adjacent to an activating group) is 1. The summed E-state index contributed by atoms with van der Waals surface area (Å²) in [5.41, 5.74) is 1.04. The number of benzene rings is 2. The van der Waals surface area contributed by atoms with Crippen molar-refractivity contribution < 1.29 is 9.84 Å². The van der Waals surface area contributed by atoms with Crippen molar-refractivity contribution in [3.63, 3.8) is 0 Å². The maximum atomic E-state index is 10.2. The summed E-state index contributed by atoms with van der Waals surface area (Å²) in [5, 5.41) is 11.5. The summed E-state index contributed by atoms with van der Waals surface area (Å²) in [6.45, 7) is 2.71. The van der Waals surface area contributed by atoms with Crippen LogP contribution >= 0.6 is 23.2 Å². The third-order valence-corrected chi connectivity index (χ3v) is 4.44. The van der Waals surface area contributed by atoms with Gasteiger partial charge < -0.3 is 9.84 Å². The number of hydrogen-bond acceptors (Lipinski definition) is 3. The summed E-state index contributed by atoms with van der Waals surface area (Å²) < 4.78 is 5.57. The molecule has 0 aliphatic carbocycles. The summed E-state index contributed by atoms with van der Waals surface area (Å²) in [5.74, 6) is 0.579. The van der Waals surface area contributed by atoms with Gasteiger partial charge in [-0.15, -0.1) is 0 Å². The van der Waals surface area contributed by atoms with Crippen LogP contribution in [-0.4, -0.2) is 36.3 Å². The average molecular weight is 354 g/mol. The Morgan fingerprint density at radius 2 is 1.65 bits per heavy atom. The Labute approximate surface area is 147 Å². The van der Waals surface area contributed by atoms with Crippen molar-refractivity contribution in [3.8, 4) is 5.75 Å². The molecule has 3 nitrogen and oxygen atoms in total.